The van der Waals surface area contributed by atoms with Crippen molar-refractivity contribution in [2.75, 3.05) is 44.3 Å². The van der Waals surface area contributed by atoms with Gasteiger partial charge in [0.15, 0.2) is 10.8 Å². The van der Waals surface area contributed by atoms with E-state index in [4.69, 9.17) is 9.72 Å². The van der Waals surface area contributed by atoms with Crippen molar-refractivity contribution in [3.8, 4) is 0 Å². The van der Waals surface area contributed by atoms with Gasteiger partial charge in [0.1, 0.15) is 0 Å². The highest BCUT2D eigenvalue weighted by Crippen LogP contribution is 2.33. The summed E-state index contributed by atoms with van der Waals surface area (Å²) in [6.45, 7) is 8.78. The van der Waals surface area contributed by atoms with E-state index in [0.29, 0.717) is 12.2 Å². The SMILES string of the molecule is Cc1ccc(C)c2sc(N(CCN3CCOCC3)C(=O)c3ccn(C)n3)nc12.Cl. The number of halogens is 1. The average molecular weight is 436 g/mol. The van der Waals surface area contributed by atoms with Crippen molar-refractivity contribution in [1.29, 1.82) is 0 Å². The fourth-order valence-corrected chi connectivity index (χ4v) is 4.52. The number of hydrogen-bond acceptors (Lipinski definition) is 6. The summed E-state index contributed by atoms with van der Waals surface area (Å²) in [5.74, 6) is -0.108. The zero-order valence-electron chi connectivity index (χ0n) is 16.9. The van der Waals surface area contributed by atoms with Crippen LogP contribution in [-0.4, -0.2) is 65.0 Å². The third-order valence-corrected chi connectivity index (χ3v) is 6.30. The lowest BCUT2D eigenvalue weighted by molar-refractivity contribution is 0.0391. The van der Waals surface area contributed by atoms with Crippen LogP contribution in [0.15, 0.2) is 24.4 Å². The minimum absolute atomic E-state index is 0. The lowest BCUT2D eigenvalue weighted by atomic mass is 10.1. The second-order valence-electron chi connectivity index (χ2n) is 7.16. The number of aromatic nitrogens is 3. The lowest BCUT2D eigenvalue weighted by Gasteiger charge is -2.29. The fraction of sp³-hybridized carbons (Fsp3) is 0.450. The van der Waals surface area contributed by atoms with Crippen LogP contribution in [-0.2, 0) is 11.8 Å². The number of ether oxygens (including phenoxy) is 1. The number of benzene rings is 1. The van der Waals surface area contributed by atoms with Crippen molar-refractivity contribution in [2.24, 2.45) is 7.05 Å². The van der Waals surface area contributed by atoms with Crippen LogP contribution in [0.4, 0.5) is 5.13 Å². The molecule has 156 valence electrons. The van der Waals surface area contributed by atoms with E-state index in [1.807, 2.05) is 7.05 Å². The molecule has 7 nitrogen and oxygen atoms in total. The molecule has 1 amide bonds. The first-order chi connectivity index (χ1) is 13.5. The summed E-state index contributed by atoms with van der Waals surface area (Å²) in [5, 5.41) is 5.04. The third-order valence-electron chi connectivity index (χ3n) is 5.08. The predicted octanol–water partition coefficient (Wildman–Crippen LogP) is 3.05. The summed E-state index contributed by atoms with van der Waals surface area (Å²) in [6, 6.07) is 5.95. The Morgan fingerprint density at radius 3 is 2.59 bits per heavy atom. The molecule has 1 aliphatic heterocycles. The van der Waals surface area contributed by atoms with Gasteiger partial charge in [0.05, 0.1) is 23.4 Å². The van der Waals surface area contributed by atoms with Gasteiger partial charge in [-0.3, -0.25) is 19.3 Å². The Balaban J connectivity index is 0.00000240. The summed E-state index contributed by atoms with van der Waals surface area (Å²) in [4.78, 5) is 22.2. The number of morpholine rings is 1. The van der Waals surface area contributed by atoms with Gasteiger partial charge in [-0.25, -0.2) is 4.98 Å². The number of thiazole rings is 1. The number of aryl methyl sites for hydroxylation is 3. The first-order valence-corrected chi connectivity index (χ1v) is 10.3. The summed E-state index contributed by atoms with van der Waals surface area (Å²) in [5.41, 5.74) is 3.73. The van der Waals surface area contributed by atoms with Crippen molar-refractivity contribution in [1.82, 2.24) is 19.7 Å². The third kappa shape index (κ3) is 4.61. The Labute approximate surface area is 180 Å². The smallest absolute Gasteiger partial charge is 0.280 e. The Morgan fingerprint density at radius 1 is 1.21 bits per heavy atom. The molecular formula is C20H26ClN5O2S. The first kappa shape index (κ1) is 21.7. The molecule has 2 aromatic heterocycles. The Bertz CT molecular complexity index is 957. The Kier molecular flexibility index (Phi) is 6.89. The maximum atomic E-state index is 13.3. The zero-order chi connectivity index (χ0) is 19.7. The second-order valence-corrected chi connectivity index (χ2v) is 8.14. The van der Waals surface area contributed by atoms with Gasteiger partial charge < -0.3 is 4.74 Å². The van der Waals surface area contributed by atoms with Gasteiger partial charge in [-0.2, -0.15) is 5.10 Å². The zero-order valence-corrected chi connectivity index (χ0v) is 18.6. The van der Waals surface area contributed by atoms with Crippen molar-refractivity contribution in [3.63, 3.8) is 0 Å². The molecule has 1 fully saturated rings. The summed E-state index contributed by atoms with van der Waals surface area (Å²) < 4.78 is 8.22. The average Bonchev–Trinajstić information content (AvgIpc) is 3.33. The molecule has 3 aromatic rings. The van der Waals surface area contributed by atoms with E-state index in [9.17, 15) is 4.79 Å². The molecule has 1 saturated heterocycles. The maximum absolute atomic E-state index is 13.3. The number of anilines is 1. The molecule has 4 rings (SSSR count). The van der Waals surface area contributed by atoms with Crippen LogP contribution in [0.25, 0.3) is 10.2 Å². The van der Waals surface area contributed by atoms with Gasteiger partial charge in [0.2, 0.25) is 0 Å². The van der Waals surface area contributed by atoms with E-state index in [-0.39, 0.29) is 18.3 Å². The Morgan fingerprint density at radius 2 is 1.93 bits per heavy atom. The van der Waals surface area contributed by atoms with Crippen LogP contribution < -0.4 is 4.90 Å². The molecule has 0 N–H and O–H groups in total. The molecule has 0 radical (unpaired) electrons. The van der Waals surface area contributed by atoms with E-state index in [0.717, 1.165) is 53.8 Å². The summed E-state index contributed by atoms with van der Waals surface area (Å²) in [7, 11) is 1.82. The molecule has 29 heavy (non-hydrogen) atoms. The number of fused-ring (bicyclic) bond motifs is 1. The highest BCUT2D eigenvalue weighted by atomic mass is 35.5. The van der Waals surface area contributed by atoms with Gasteiger partial charge in [0, 0.05) is 39.4 Å². The highest BCUT2D eigenvalue weighted by molar-refractivity contribution is 7.22. The van der Waals surface area contributed by atoms with E-state index >= 15 is 0 Å². The van der Waals surface area contributed by atoms with E-state index < -0.39 is 0 Å². The maximum Gasteiger partial charge on any atom is 0.280 e. The van der Waals surface area contributed by atoms with Crippen molar-refractivity contribution in [3.05, 3.63) is 41.2 Å². The van der Waals surface area contributed by atoms with Crippen LogP contribution in [0.3, 0.4) is 0 Å². The van der Waals surface area contributed by atoms with Crippen LogP contribution in [0.1, 0.15) is 21.6 Å². The number of carbonyl (C=O) groups excluding carboxylic acids is 1. The van der Waals surface area contributed by atoms with E-state index in [2.05, 4.69) is 36.0 Å². The normalized spacial score (nSPS) is 14.7. The molecule has 0 saturated carbocycles. The summed E-state index contributed by atoms with van der Waals surface area (Å²) >= 11 is 1.58. The topological polar surface area (TPSA) is 63.5 Å². The van der Waals surface area contributed by atoms with Crippen molar-refractivity contribution < 1.29 is 9.53 Å². The molecule has 0 unspecified atom stereocenters. The van der Waals surface area contributed by atoms with Crippen LogP contribution in [0.5, 0.6) is 0 Å². The van der Waals surface area contributed by atoms with E-state index in [1.165, 1.54) is 5.56 Å². The van der Waals surface area contributed by atoms with Gasteiger partial charge in [-0.05, 0) is 31.0 Å². The molecule has 9 heteroatoms. The van der Waals surface area contributed by atoms with Crippen LogP contribution in [0, 0.1) is 13.8 Å². The quantitative estimate of drug-likeness (QED) is 0.616. The second kappa shape index (κ2) is 9.21. The van der Waals surface area contributed by atoms with Gasteiger partial charge in [-0.1, -0.05) is 23.5 Å². The predicted molar refractivity (Wildman–Crippen MR) is 118 cm³/mol. The number of rotatable bonds is 5. The monoisotopic (exact) mass is 435 g/mol. The molecule has 0 spiro atoms. The highest BCUT2D eigenvalue weighted by Gasteiger charge is 2.25. The molecule has 0 atom stereocenters. The molecular weight excluding hydrogens is 410 g/mol. The minimum atomic E-state index is -0.108. The van der Waals surface area contributed by atoms with E-state index in [1.54, 1.807) is 33.2 Å². The molecule has 0 bridgehead atoms. The van der Waals surface area contributed by atoms with Crippen LogP contribution in [0.2, 0.25) is 0 Å². The van der Waals surface area contributed by atoms with Crippen molar-refractivity contribution >= 4 is 45.0 Å². The van der Waals surface area contributed by atoms with Gasteiger partial charge in [-0.15, -0.1) is 12.4 Å². The molecule has 1 aromatic carbocycles. The Hall–Kier alpha value is -2.00. The number of hydrogen-bond donors (Lipinski definition) is 0. The van der Waals surface area contributed by atoms with Gasteiger partial charge in [0.25, 0.3) is 5.91 Å². The standard InChI is InChI=1S/C20H25N5O2S.ClH/c1-14-4-5-15(2)18-17(14)21-20(28-18)25(9-8-24-10-12-27-13-11-24)19(26)16-6-7-23(3)22-16;/h4-7H,8-13H2,1-3H3;1H. The minimum Gasteiger partial charge on any atom is -0.379 e. The van der Waals surface area contributed by atoms with Crippen LogP contribution >= 0.6 is 23.7 Å². The number of carbonyl (C=O) groups is 1. The molecule has 1 aliphatic rings. The van der Waals surface area contributed by atoms with Gasteiger partial charge >= 0.3 is 0 Å². The van der Waals surface area contributed by atoms with Crippen molar-refractivity contribution in [2.45, 2.75) is 13.8 Å². The lowest BCUT2D eigenvalue weighted by Crippen LogP contribution is -2.43. The largest absolute Gasteiger partial charge is 0.379 e. The molecule has 3 heterocycles. The fourth-order valence-electron chi connectivity index (χ4n) is 3.38. The molecule has 0 aliphatic carbocycles. The number of amides is 1. The summed E-state index contributed by atoms with van der Waals surface area (Å²) in [6.07, 6.45) is 1.79. The first-order valence-electron chi connectivity index (χ1n) is 9.51. The number of nitrogens with zero attached hydrogens (tertiary/aromatic N) is 5.